The quantitative estimate of drug-likeness (QED) is 0.201. The predicted molar refractivity (Wildman–Crippen MR) is 103 cm³/mol. The van der Waals surface area contributed by atoms with E-state index >= 15 is 0 Å². The first-order valence-corrected chi connectivity index (χ1v) is 10.0. The monoisotopic (exact) mass is 354 g/mol. The van der Waals surface area contributed by atoms with Gasteiger partial charge in [0.15, 0.2) is 0 Å². The number of carboxylic acids is 1. The number of carbonyl (C=O) groups is 2. The lowest BCUT2D eigenvalue weighted by molar-refractivity contribution is -0.141. The highest BCUT2D eigenvalue weighted by molar-refractivity contribution is 5.69. The minimum absolute atomic E-state index is 0.123. The molecule has 0 saturated heterocycles. The molecule has 4 heteroatoms. The van der Waals surface area contributed by atoms with Crippen molar-refractivity contribution < 1.29 is 19.4 Å². The molecule has 1 N–H and O–H groups in total. The lowest BCUT2D eigenvalue weighted by atomic mass is 9.96. The first kappa shape index (κ1) is 23.7. The number of carbonyl (C=O) groups excluding carboxylic acids is 1. The van der Waals surface area contributed by atoms with Gasteiger partial charge in [0.05, 0.1) is 13.5 Å². The minimum atomic E-state index is -0.700. The van der Waals surface area contributed by atoms with Crippen molar-refractivity contribution in [2.24, 2.45) is 5.92 Å². The number of methoxy groups -OCH3 is 1. The Kier molecular flexibility index (Phi) is 16.6. The Hall–Kier alpha value is -1.32. The van der Waals surface area contributed by atoms with Gasteiger partial charge in [-0.05, 0) is 31.6 Å². The van der Waals surface area contributed by atoms with Crippen LogP contribution < -0.4 is 0 Å². The molecular weight excluding hydrogens is 316 g/mol. The summed E-state index contributed by atoms with van der Waals surface area (Å²) in [6.45, 7) is 2.20. The summed E-state index contributed by atoms with van der Waals surface area (Å²) in [6.07, 6.45) is 18.6. The van der Waals surface area contributed by atoms with E-state index in [1.165, 1.54) is 32.8 Å². The second kappa shape index (κ2) is 17.5. The van der Waals surface area contributed by atoms with Crippen LogP contribution in [0.5, 0.6) is 0 Å². The fraction of sp³-hybridized carbons (Fsp3) is 0.810. The topological polar surface area (TPSA) is 63.6 Å². The third kappa shape index (κ3) is 17.3. The zero-order valence-electron chi connectivity index (χ0n) is 16.3. The van der Waals surface area contributed by atoms with Crippen molar-refractivity contribution >= 4 is 11.9 Å². The Morgan fingerprint density at radius 1 is 0.960 bits per heavy atom. The SMILES string of the molecule is CCCCCCCC(/C=C\CCCCCCCC(=O)OC)CC(=O)O. The van der Waals surface area contributed by atoms with Crippen LogP contribution in [0, 0.1) is 5.92 Å². The molecule has 0 spiro atoms. The summed E-state index contributed by atoms with van der Waals surface area (Å²) >= 11 is 0. The lowest BCUT2D eigenvalue weighted by Gasteiger charge is -2.10. The highest BCUT2D eigenvalue weighted by atomic mass is 16.5. The first-order chi connectivity index (χ1) is 12.1. The van der Waals surface area contributed by atoms with E-state index < -0.39 is 5.97 Å². The third-order valence-electron chi connectivity index (χ3n) is 4.50. The van der Waals surface area contributed by atoms with Crippen LogP contribution in [0.4, 0.5) is 0 Å². The number of hydrogen-bond donors (Lipinski definition) is 1. The van der Waals surface area contributed by atoms with Gasteiger partial charge in [0.1, 0.15) is 0 Å². The lowest BCUT2D eigenvalue weighted by Crippen LogP contribution is -2.05. The zero-order chi connectivity index (χ0) is 18.8. The second-order valence-electron chi connectivity index (χ2n) is 6.87. The van der Waals surface area contributed by atoms with Crippen LogP contribution >= 0.6 is 0 Å². The van der Waals surface area contributed by atoms with E-state index in [1.54, 1.807) is 0 Å². The van der Waals surface area contributed by atoms with Gasteiger partial charge in [-0.25, -0.2) is 0 Å². The minimum Gasteiger partial charge on any atom is -0.481 e. The maximum atomic E-state index is 11.0. The standard InChI is InChI=1S/C21H38O4/c1-3-4-5-9-12-15-19(18-20(22)23)16-13-10-7-6-8-11-14-17-21(24)25-2/h13,16,19H,3-12,14-15,17-18H2,1-2H3,(H,22,23)/b16-13-. The maximum absolute atomic E-state index is 11.0. The number of allylic oxidation sites excluding steroid dienone is 2. The van der Waals surface area contributed by atoms with Crippen molar-refractivity contribution in [1.29, 1.82) is 0 Å². The van der Waals surface area contributed by atoms with Gasteiger partial charge in [0, 0.05) is 6.42 Å². The fourth-order valence-corrected chi connectivity index (χ4v) is 2.95. The summed E-state index contributed by atoms with van der Waals surface area (Å²) in [7, 11) is 1.43. The number of aliphatic carboxylic acids is 1. The summed E-state index contributed by atoms with van der Waals surface area (Å²) in [5, 5.41) is 9.04. The number of hydrogen-bond acceptors (Lipinski definition) is 3. The fourth-order valence-electron chi connectivity index (χ4n) is 2.95. The van der Waals surface area contributed by atoms with Crippen LogP contribution in [0.2, 0.25) is 0 Å². The summed E-state index contributed by atoms with van der Waals surface area (Å²) in [5.41, 5.74) is 0. The summed E-state index contributed by atoms with van der Waals surface area (Å²) in [6, 6.07) is 0. The largest absolute Gasteiger partial charge is 0.481 e. The van der Waals surface area contributed by atoms with Crippen LogP contribution in [0.1, 0.15) is 96.8 Å². The van der Waals surface area contributed by atoms with Crippen molar-refractivity contribution in [2.75, 3.05) is 7.11 Å². The van der Waals surface area contributed by atoms with Gasteiger partial charge in [-0.2, -0.15) is 0 Å². The Labute approximate surface area is 154 Å². The number of rotatable bonds is 17. The van der Waals surface area contributed by atoms with E-state index in [0.717, 1.165) is 51.4 Å². The van der Waals surface area contributed by atoms with E-state index in [2.05, 4.69) is 23.8 Å². The number of ether oxygens (including phenoxy) is 1. The molecule has 0 heterocycles. The molecular formula is C21H38O4. The maximum Gasteiger partial charge on any atom is 0.305 e. The van der Waals surface area contributed by atoms with Gasteiger partial charge < -0.3 is 9.84 Å². The highest BCUT2D eigenvalue weighted by Crippen LogP contribution is 2.17. The van der Waals surface area contributed by atoms with Crippen molar-refractivity contribution in [3.05, 3.63) is 12.2 Å². The van der Waals surface area contributed by atoms with E-state index in [9.17, 15) is 9.59 Å². The van der Waals surface area contributed by atoms with Crippen LogP contribution in [-0.4, -0.2) is 24.2 Å². The Bertz CT molecular complexity index is 363. The summed E-state index contributed by atoms with van der Waals surface area (Å²) in [5.74, 6) is -0.643. The molecule has 0 radical (unpaired) electrons. The number of carboxylic acid groups (broad SMARTS) is 1. The molecule has 0 aromatic carbocycles. The molecule has 1 unspecified atom stereocenters. The van der Waals surface area contributed by atoms with Gasteiger partial charge in [-0.1, -0.05) is 70.4 Å². The Morgan fingerprint density at radius 2 is 1.60 bits per heavy atom. The average Bonchev–Trinajstić information content (AvgIpc) is 2.58. The van der Waals surface area contributed by atoms with Gasteiger partial charge in [0.25, 0.3) is 0 Å². The van der Waals surface area contributed by atoms with Gasteiger partial charge in [-0.3, -0.25) is 9.59 Å². The second-order valence-corrected chi connectivity index (χ2v) is 6.87. The molecule has 0 aliphatic rings. The summed E-state index contributed by atoms with van der Waals surface area (Å²) in [4.78, 5) is 22.0. The van der Waals surface area contributed by atoms with Crippen molar-refractivity contribution in [1.82, 2.24) is 0 Å². The van der Waals surface area contributed by atoms with Crippen molar-refractivity contribution in [3.8, 4) is 0 Å². The van der Waals surface area contributed by atoms with E-state index in [-0.39, 0.29) is 18.3 Å². The van der Waals surface area contributed by atoms with Crippen LogP contribution in [-0.2, 0) is 14.3 Å². The molecule has 0 aliphatic heterocycles. The van der Waals surface area contributed by atoms with Crippen LogP contribution in [0.3, 0.4) is 0 Å². The van der Waals surface area contributed by atoms with Crippen LogP contribution in [0.15, 0.2) is 12.2 Å². The molecule has 0 bridgehead atoms. The van der Waals surface area contributed by atoms with Gasteiger partial charge >= 0.3 is 11.9 Å². The first-order valence-electron chi connectivity index (χ1n) is 10.0. The smallest absolute Gasteiger partial charge is 0.305 e. The molecule has 0 fully saturated rings. The molecule has 1 atom stereocenters. The Balaban J connectivity index is 3.75. The number of unbranched alkanes of at least 4 members (excludes halogenated alkanes) is 9. The molecule has 25 heavy (non-hydrogen) atoms. The summed E-state index contributed by atoms with van der Waals surface area (Å²) < 4.78 is 4.62. The predicted octanol–water partition coefficient (Wildman–Crippen LogP) is 5.90. The Morgan fingerprint density at radius 3 is 2.28 bits per heavy atom. The molecule has 0 rings (SSSR count). The molecule has 4 nitrogen and oxygen atoms in total. The van der Waals surface area contributed by atoms with E-state index in [0.29, 0.717) is 6.42 Å². The number of esters is 1. The van der Waals surface area contributed by atoms with Crippen molar-refractivity contribution in [3.63, 3.8) is 0 Å². The zero-order valence-corrected chi connectivity index (χ0v) is 16.3. The molecule has 0 aromatic rings. The van der Waals surface area contributed by atoms with E-state index in [4.69, 9.17) is 5.11 Å². The average molecular weight is 355 g/mol. The van der Waals surface area contributed by atoms with Crippen LogP contribution in [0.25, 0.3) is 0 Å². The van der Waals surface area contributed by atoms with E-state index in [1.807, 2.05) is 0 Å². The molecule has 0 aliphatic carbocycles. The van der Waals surface area contributed by atoms with Gasteiger partial charge in [0.2, 0.25) is 0 Å². The highest BCUT2D eigenvalue weighted by Gasteiger charge is 2.09. The van der Waals surface area contributed by atoms with Gasteiger partial charge in [-0.15, -0.1) is 0 Å². The normalized spacial score (nSPS) is 12.4. The molecule has 0 aromatic heterocycles. The third-order valence-corrected chi connectivity index (χ3v) is 4.50. The van der Waals surface area contributed by atoms with Crippen molar-refractivity contribution in [2.45, 2.75) is 96.8 Å². The molecule has 0 amide bonds. The molecule has 146 valence electrons. The molecule has 0 saturated carbocycles.